The molecule has 5 heterocycles. The number of hydrogen-bond donors (Lipinski definition) is 6. The van der Waals surface area contributed by atoms with Crippen molar-refractivity contribution < 1.29 is 58.6 Å². The van der Waals surface area contributed by atoms with Crippen molar-refractivity contribution in [1.29, 1.82) is 0 Å². The first-order valence-corrected chi connectivity index (χ1v) is 25.4. The topological polar surface area (TPSA) is 238 Å². The minimum Gasteiger partial charge on any atom is -0.507 e. The molecule has 0 aliphatic carbocycles. The van der Waals surface area contributed by atoms with Gasteiger partial charge in [0.15, 0.2) is 11.4 Å². The summed E-state index contributed by atoms with van der Waals surface area (Å²) in [4.78, 5) is 68.1. The number of alkyl halides is 1. The van der Waals surface area contributed by atoms with Gasteiger partial charge in [0.05, 0.1) is 40.9 Å². The average Bonchev–Trinajstić information content (AvgIpc) is 3.84. The molecule has 0 saturated carbocycles. The fraction of sp³-hybridized carbons (Fsp3) is 0.509. The molecule has 0 radical (unpaired) electrons. The minimum atomic E-state index is -2.02. The van der Waals surface area contributed by atoms with E-state index in [0.717, 1.165) is 12.1 Å². The SMILES string of the molecule is CO[C@H]1/C=C/O[C@@]2(C)Oc3c(C)c(O)c4c(O)c(c5c(c4c3C2=O)=NC2(CCN(CC(C)I)CC2)N=5)NC(=O)/C(C)=C\C=C\[C@H](C)[C@H](O)[C@@H](C)[C@@H](O)[C@@H](C)[C@H](OC(=O)CC(=O)NCc2ccccc2)[C@@H]1C. The number of hydrogen-bond acceptors (Lipinski definition) is 15. The normalized spacial score (nSPS) is 29.9. The van der Waals surface area contributed by atoms with Gasteiger partial charge in [-0.15, -0.1) is 0 Å². The number of Topliss-reactive ketones (excluding diaryl/α,β-unsaturated/α-hetero) is 1. The largest absolute Gasteiger partial charge is 0.507 e. The summed E-state index contributed by atoms with van der Waals surface area (Å²) in [5.74, 6) is -8.47. The van der Waals surface area contributed by atoms with Gasteiger partial charge in [-0.2, -0.15) is 0 Å². The van der Waals surface area contributed by atoms with Crippen molar-refractivity contribution in [3.8, 4) is 17.2 Å². The van der Waals surface area contributed by atoms with Gasteiger partial charge in [-0.25, -0.2) is 0 Å². The van der Waals surface area contributed by atoms with Crippen molar-refractivity contribution in [1.82, 2.24) is 10.2 Å². The molecule has 1 fully saturated rings. The third kappa shape index (κ3) is 11.0. The fourth-order valence-corrected chi connectivity index (χ4v) is 10.6. The number of nitrogens with one attached hydrogen (secondary N) is 2. The number of likely N-dealkylation sites (tertiary alicyclic amines) is 1. The Kier molecular flexibility index (Phi) is 16.4. The maximum absolute atomic E-state index is 14.9. The Bertz CT molecular complexity index is 2770. The van der Waals surface area contributed by atoms with E-state index in [0.29, 0.717) is 29.9 Å². The summed E-state index contributed by atoms with van der Waals surface area (Å²) in [6, 6.07) is 9.21. The zero-order valence-corrected chi connectivity index (χ0v) is 43.9. The molecular weight excluding hydrogens is 1030 g/mol. The number of nitrogens with zero attached hydrogens (tertiary/aromatic N) is 3. The highest BCUT2D eigenvalue weighted by Crippen LogP contribution is 2.50. The van der Waals surface area contributed by atoms with E-state index in [1.54, 1.807) is 52.8 Å². The molecular formula is C53H66IN5O12. The second-order valence-electron chi connectivity index (χ2n) is 19.7. The van der Waals surface area contributed by atoms with Crippen molar-refractivity contribution in [2.45, 2.75) is 121 Å². The van der Waals surface area contributed by atoms with Crippen LogP contribution >= 0.6 is 22.6 Å². The molecule has 5 aliphatic heterocycles. The van der Waals surface area contributed by atoms with Gasteiger partial charge in [-0.05, 0) is 25.5 Å². The lowest BCUT2D eigenvalue weighted by Gasteiger charge is -2.38. The van der Waals surface area contributed by atoms with Crippen LogP contribution in [0.15, 0.2) is 76.5 Å². The Hall–Kier alpha value is -5.41. The van der Waals surface area contributed by atoms with Crippen LogP contribution in [-0.4, -0.2) is 115 Å². The Labute approximate surface area is 427 Å². The standard InChI is InChI=1S/C53H66IN5O12/c1-27-14-13-15-28(2)51(67)56-43-42-41(57-53(58-42)19-21-59(22-20-53)26-29(3)54)38-39(47(43)65)46(64)33(7)49-40(38)50(66)52(8,71-49)69-23-18-35(68-9)30(4)48(32(6)45(63)31(5)44(27)62)70-37(61)24-36(60)55-25-34-16-11-10-12-17-34/h10-18,23,27,29-32,35,44-45,48,62-65H,19-22,24-26H2,1-9H3,(H,55,60)(H,56,67)/b14-13+,23-18+,28-15-/t27-,29?,30+,31+,32+,35-,44-,45+,48+,52-/m0/s1. The quantitative estimate of drug-likeness (QED) is 0.0530. The van der Waals surface area contributed by atoms with Crippen LogP contribution in [0.5, 0.6) is 17.2 Å². The first-order chi connectivity index (χ1) is 33.6. The number of aliphatic hydroxyl groups excluding tert-OH is 2. The van der Waals surface area contributed by atoms with Crippen LogP contribution in [0.1, 0.15) is 89.2 Å². The zero-order chi connectivity index (χ0) is 51.7. The summed E-state index contributed by atoms with van der Waals surface area (Å²) >= 11 is 2.39. The number of aromatic hydroxyl groups is 2. The van der Waals surface area contributed by atoms with E-state index in [9.17, 15) is 39.6 Å². The molecule has 1 spiro atoms. The van der Waals surface area contributed by atoms with Crippen LogP contribution in [0.3, 0.4) is 0 Å². The molecule has 5 aliphatic rings. The van der Waals surface area contributed by atoms with Crippen LogP contribution < -0.4 is 26.1 Å². The molecule has 6 N–H and O–H groups in total. The van der Waals surface area contributed by atoms with Gasteiger partial charge in [-0.1, -0.05) is 106 Å². The molecule has 71 heavy (non-hydrogen) atoms. The third-order valence-electron chi connectivity index (χ3n) is 14.4. The van der Waals surface area contributed by atoms with Crippen molar-refractivity contribution in [2.24, 2.45) is 33.7 Å². The number of amides is 2. The second-order valence-corrected chi connectivity index (χ2v) is 21.8. The highest BCUT2D eigenvalue weighted by atomic mass is 127. The van der Waals surface area contributed by atoms with Gasteiger partial charge in [0.25, 0.3) is 11.7 Å². The summed E-state index contributed by atoms with van der Waals surface area (Å²) in [6.07, 6.45) is 3.66. The van der Waals surface area contributed by atoms with Gasteiger partial charge in [0, 0.05) is 97.2 Å². The molecule has 0 aromatic heterocycles. The lowest BCUT2D eigenvalue weighted by molar-refractivity contribution is -0.164. The number of carbonyl (C=O) groups excluding carboxylic acids is 4. The number of anilines is 1. The first-order valence-electron chi connectivity index (χ1n) is 24.1. The van der Waals surface area contributed by atoms with Crippen LogP contribution in [-0.2, 0) is 35.1 Å². The molecule has 3 aromatic rings. The number of benzene rings is 3. The number of phenolic OH excluding ortho intramolecular Hbond substituents is 2. The number of ether oxygens (including phenoxy) is 4. The van der Waals surface area contributed by atoms with E-state index >= 15 is 0 Å². The Morgan fingerprint density at radius 1 is 0.958 bits per heavy atom. The summed E-state index contributed by atoms with van der Waals surface area (Å²) in [7, 11) is 1.43. The molecule has 2 amide bonds. The Morgan fingerprint density at radius 3 is 2.30 bits per heavy atom. The number of piperidine rings is 1. The molecule has 18 heteroatoms. The first kappa shape index (κ1) is 53.4. The van der Waals surface area contributed by atoms with Gasteiger partial charge < -0.3 is 54.9 Å². The number of ketones is 1. The molecule has 1 unspecified atom stereocenters. The van der Waals surface area contributed by atoms with Gasteiger partial charge >= 0.3 is 11.8 Å². The maximum atomic E-state index is 14.9. The Balaban J connectivity index is 1.30. The van der Waals surface area contributed by atoms with Gasteiger partial charge in [0.2, 0.25) is 5.91 Å². The number of carbonyl (C=O) groups is 4. The smallest absolute Gasteiger partial charge is 0.315 e. The van der Waals surface area contributed by atoms with Crippen LogP contribution in [0.4, 0.5) is 5.69 Å². The van der Waals surface area contributed by atoms with Gasteiger partial charge in [-0.3, -0.25) is 29.2 Å². The molecule has 17 nitrogen and oxygen atoms in total. The third-order valence-corrected chi connectivity index (χ3v) is 14.8. The molecule has 1 saturated heterocycles. The molecule has 5 bridgehead atoms. The van der Waals surface area contributed by atoms with Crippen LogP contribution in [0.25, 0.3) is 10.8 Å². The maximum Gasteiger partial charge on any atom is 0.315 e. The lowest BCUT2D eigenvalue weighted by Crippen LogP contribution is -2.47. The second kappa shape index (κ2) is 21.7. The number of methoxy groups -OCH3 is 1. The van der Waals surface area contributed by atoms with Gasteiger partial charge in [0.1, 0.15) is 35.1 Å². The molecule has 382 valence electrons. The Morgan fingerprint density at radius 2 is 1.63 bits per heavy atom. The van der Waals surface area contributed by atoms with Crippen LogP contribution in [0.2, 0.25) is 0 Å². The highest BCUT2D eigenvalue weighted by Gasteiger charge is 2.50. The summed E-state index contributed by atoms with van der Waals surface area (Å²) < 4.78 is 24.9. The zero-order valence-electron chi connectivity index (χ0n) is 41.7. The number of esters is 1. The molecule has 3 aromatic carbocycles. The van der Waals surface area contributed by atoms with Crippen molar-refractivity contribution in [3.05, 3.63) is 93.9 Å². The number of aliphatic hydroxyl groups is 2. The predicted octanol–water partition coefficient (Wildman–Crippen LogP) is 5.60. The van der Waals surface area contributed by atoms with E-state index in [-0.39, 0.29) is 56.2 Å². The van der Waals surface area contributed by atoms with Crippen molar-refractivity contribution >= 4 is 62.6 Å². The molecule has 10 atom stereocenters. The summed E-state index contributed by atoms with van der Waals surface area (Å²) in [5.41, 5.74) is 0.124. The van der Waals surface area contributed by atoms with E-state index in [4.69, 9.17) is 28.9 Å². The predicted molar refractivity (Wildman–Crippen MR) is 274 cm³/mol. The summed E-state index contributed by atoms with van der Waals surface area (Å²) in [6.45, 7) is 16.0. The number of allylic oxidation sites excluding steroid dienone is 2. The number of phenols is 2. The fourth-order valence-electron chi connectivity index (χ4n) is 10.0. The lowest BCUT2D eigenvalue weighted by atomic mass is 9.78. The summed E-state index contributed by atoms with van der Waals surface area (Å²) in [5, 5.41) is 53.5. The average molecular weight is 1090 g/mol. The number of halogens is 1. The number of rotatable bonds is 8. The van der Waals surface area contributed by atoms with Crippen molar-refractivity contribution in [3.63, 3.8) is 0 Å². The monoisotopic (exact) mass is 1090 g/mol. The van der Waals surface area contributed by atoms with E-state index in [1.165, 1.54) is 33.3 Å². The van der Waals surface area contributed by atoms with E-state index in [2.05, 4.69) is 45.0 Å². The number of fused-ring (bicyclic) bond motifs is 13. The van der Waals surface area contributed by atoms with E-state index in [1.807, 2.05) is 30.3 Å². The minimum absolute atomic E-state index is 0.00292. The van der Waals surface area contributed by atoms with Crippen LogP contribution in [0, 0.1) is 30.6 Å². The van der Waals surface area contributed by atoms with E-state index < -0.39 is 101 Å². The van der Waals surface area contributed by atoms with Crippen molar-refractivity contribution in [2.75, 3.05) is 32.1 Å². The molecule has 8 rings (SSSR count). The highest BCUT2D eigenvalue weighted by molar-refractivity contribution is 14.1.